The predicted molar refractivity (Wildman–Crippen MR) is 132 cm³/mol. The highest BCUT2D eigenvalue weighted by molar-refractivity contribution is 7.82. The first-order valence-corrected chi connectivity index (χ1v) is 12.4. The molecular formula is C25H28N4O4S. The Morgan fingerprint density at radius 3 is 2.79 bits per heavy atom. The van der Waals surface area contributed by atoms with E-state index in [2.05, 4.69) is 21.5 Å². The molecule has 2 atom stereocenters. The van der Waals surface area contributed by atoms with E-state index in [4.69, 9.17) is 9.47 Å². The predicted octanol–water partition coefficient (Wildman–Crippen LogP) is 4.28. The number of H-pyrrole nitrogens is 1. The molecule has 9 heteroatoms. The molecule has 1 aromatic heterocycles. The van der Waals surface area contributed by atoms with E-state index in [1.807, 2.05) is 35.5 Å². The van der Waals surface area contributed by atoms with Crippen LogP contribution in [0.5, 0.6) is 5.75 Å². The number of aliphatic imine (C=N–C) groups is 1. The SMILES string of the molecule is C=C(N=C(COc1ccc(C=O)cc1)OCC)C1CCCCN1S(=O)c1nc2ccccc2[nH]1. The maximum Gasteiger partial charge on any atom is 0.227 e. The molecule has 0 bridgehead atoms. The first kappa shape index (κ1) is 23.8. The van der Waals surface area contributed by atoms with Crippen molar-refractivity contribution >= 4 is 34.2 Å². The minimum atomic E-state index is -1.47. The van der Waals surface area contributed by atoms with Crippen molar-refractivity contribution in [3.8, 4) is 5.75 Å². The number of hydrogen-bond acceptors (Lipinski definition) is 6. The van der Waals surface area contributed by atoms with Crippen LogP contribution in [0.15, 0.2) is 71.0 Å². The maximum absolute atomic E-state index is 13.4. The van der Waals surface area contributed by atoms with Crippen LogP contribution in [0.3, 0.4) is 0 Å². The fourth-order valence-corrected chi connectivity index (χ4v) is 5.20. The van der Waals surface area contributed by atoms with Crippen LogP contribution in [-0.2, 0) is 15.7 Å². The zero-order valence-corrected chi connectivity index (χ0v) is 19.9. The summed E-state index contributed by atoms with van der Waals surface area (Å²) in [5, 5.41) is 0.428. The summed E-state index contributed by atoms with van der Waals surface area (Å²) in [6, 6.07) is 14.3. The lowest BCUT2D eigenvalue weighted by Crippen LogP contribution is -2.42. The maximum atomic E-state index is 13.4. The molecule has 8 nitrogen and oxygen atoms in total. The molecule has 1 saturated heterocycles. The van der Waals surface area contributed by atoms with Gasteiger partial charge in [-0.1, -0.05) is 25.1 Å². The Kier molecular flexibility index (Phi) is 7.87. The molecule has 178 valence electrons. The third kappa shape index (κ3) is 5.60. The number of nitrogens with zero attached hydrogens (tertiary/aromatic N) is 3. The highest BCUT2D eigenvalue weighted by Gasteiger charge is 2.31. The summed E-state index contributed by atoms with van der Waals surface area (Å²) < 4.78 is 26.8. The molecule has 1 N–H and O–H groups in total. The first-order chi connectivity index (χ1) is 16.6. The molecule has 34 heavy (non-hydrogen) atoms. The average molecular weight is 481 g/mol. The standard InChI is InChI=1S/C25H28N4O4S/c1-3-32-24(17-33-20-13-11-19(16-30)12-14-20)26-18(2)23-10-6-7-15-29(23)34(31)25-27-21-8-4-5-9-22(21)28-25/h4-5,8-9,11-14,16,23H,2-3,6-7,10,15,17H2,1H3,(H,27,28). The van der Waals surface area contributed by atoms with Crippen molar-refractivity contribution in [1.29, 1.82) is 0 Å². The van der Waals surface area contributed by atoms with Crippen molar-refractivity contribution < 1.29 is 18.5 Å². The fraction of sp³-hybridized carbons (Fsp3) is 0.320. The summed E-state index contributed by atoms with van der Waals surface area (Å²) in [6.45, 7) is 7.26. The summed E-state index contributed by atoms with van der Waals surface area (Å²) in [7, 11) is -1.47. The van der Waals surface area contributed by atoms with Crippen molar-refractivity contribution in [3.05, 3.63) is 66.4 Å². The van der Waals surface area contributed by atoms with Gasteiger partial charge in [0, 0.05) is 12.1 Å². The summed E-state index contributed by atoms with van der Waals surface area (Å²) in [5.41, 5.74) is 2.79. The van der Waals surface area contributed by atoms with Gasteiger partial charge in [-0.25, -0.2) is 18.5 Å². The average Bonchev–Trinajstić information content (AvgIpc) is 3.31. The van der Waals surface area contributed by atoms with Crippen molar-refractivity contribution in [3.63, 3.8) is 0 Å². The number of nitrogens with one attached hydrogen (secondary N) is 1. The third-order valence-electron chi connectivity index (χ3n) is 5.54. The number of imidazole rings is 1. The number of aromatic amines is 1. The lowest BCUT2D eigenvalue weighted by molar-refractivity contribution is 0.112. The Balaban J connectivity index is 1.48. The van der Waals surface area contributed by atoms with Crippen molar-refractivity contribution in [2.75, 3.05) is 19.8 Å². The van der Waals surface area contributed by atoms with Crippen LogP contribution in [0, 0.1) is 0 Å². The van der Waals surface area contributed by atoms with Crippen LogP contribution in [0.1, 0.15) is 36.5 Å². The molecule has 1 aliphatic rings. The van der Waals surface area contributed by atoms with E-state index in [9.17, 15) is 9.00 Å². The second-order valence-corrected chi connectivity index (χ2v) is 9.22. The van der Waals surface area contributed by atoms with Crippen LogP contribution in [0.4, 0.5) is 0 Å². The third-order valence-corrected chi connectivity index (χ3v) is 6.93. The van der Waals surface area contributed by atoms with Gasteiger partial charge in [-0.2, -0.15) is 0 Å². The molecule has 0 amide bonds. The molecule has 0 aliphatic carbocycles. The molecule has 0 saturated carbocycles. The lowest BCUT2D eigenvalue weighted by Gasteiger charge is -2.33. The van der Waals surface area contributed by atoms with Crippen LogP contribution < -0.4 is 4.74 Å². The van der Waals surface area contributed by atoms with Crippen molar-refractivity contribution in [2.24, 2.45) is 4.99 Å². The molecule has 2 aromatic carbocycles. The quantitative estimate of drug-likeness (QED) is 0.280. The number of carbonyl (C=O) groups is 1. The Bertz CT molecular complexity index is 1170. The number of aromatic nitrogens is 2. The summed E-state index contributed by atoms with van der Waals surface area (Å²) in [5.74, 6) is 1.00. The van der Waals surface area contributed by atoms with Gasteiger partial charge in [0.25, 0.3) is 0 Å². The fourth-order valence-electron chi connectivity index (χ4n) is 3.85. The number of fused-ring (bicyclic) bond motifs is 1. The van der Waals surface area contributed by atoms with E-state index >= 15 is 0 Å². The summed E-state index contributed by atoms with van der Waals surface area (Å²) in [4.78, 5) is 23.1. The van der Waals surface area contributed by atoms with Crippen molar-refractivity contribution in [1.82, 2.24) is 14.3 Å². The largest absolute Gasteiger partial charge is 0.484 e. The van der Waals surface area contributed by atoms with E-state index in [-0.39, 0.29) is 12.6 Å². The highest BCUT2D eigenvalue weighted by Crippen LogP contribution is 2.27. The number of carbonyl (C=O) groups excluding carboxylic acids is 1. The molecule has 4 rings (SSSR count). The lowest BCUT2D eigenvalue weighted by atomic mass is 10.0. The molecular weight excluding hydrogens is 452 g/mol. The van der Waals surface area contributed by atoms with Gasteiger partial charge >= 0.3 is 0 Å². The van der Waals surface area contributed by atoms with Gasteiger partial charge in [-0.3, -0.25) is 4.79 Å². The number of hydrogen-bond donors (Lipinski definition) is 1. The normalized spacial score (nSPS) is 17.9. The van der Waals surface area contributed by atoms with Gasteiger partial charge in [0.05, 0.1) is 29.4 Å². The van der Waals surface area contributed by atoms with Gasteiger partial charge in [-0.05, 0) is 56.2 Å². The van der Waals surface area contributed by atoms with Crippen molar-refractivity contribution in [2.45, 2.75) is 37.4 Å². The van der Waals surface area contributed by atoms with Crippen LogP contribution in [0.25, 0.3) is 11.0 Å². The monoisotopic (exact) mass is 480 g/mol. The zero-order valence-electron chi connectivity index (χ0n) is 19.1. The zero-order chi connectivity index (χ0) is 23.9. The van der Waals surface area contributed by atoms with Gasteiger partial charge in [0.2, 0.25) is 11.1 Å². The van der Waals surface area contributed by atoms with Crippen LogP contribution in [-0.4, -0.2) is 56.5 Å². The minimum Gasteiger partial charge on any atom is -0.484 e. The number of piperidine rings is 1. The number of para-hydroxylation sites is 2. The number of aldehydes is 1. The molecule has 1 fully saturated rings. The Morgan fingerprint density at radius 1 is 1.26 bits per heavy atom. The van der Waals surface area contributed by atoms with Gasteiger partial charge in [0.1, 0.15) is 12.0 Å². The van der Waals surface area contributed by atoms with E-state index in [1.54, 1.807) is 24.3 Å². The van der Waals surface area contributed by atoms with Crippen LogP contribution >= 0.6 is 0 Å². The topological polar surface area (TPSA) is 96.9 Å². The second kappa shape index (κ2) is 11.2. The molecule has 2 unspecified atom stereocenters. The van der Waals surface area contributed by atoms with Gasteiger partial charge in [0.15, 0.2) is 17.6 Å². The minimum absolute atomic E-state index is 0.118. The number of benzene rings is 2. The smallest absolute Gasteiger partial charge is 0.227 e. The van der Waals surface area contributed by atoms with Gasteiger partial charge < -0.3 is 14.5 Å². The van der Waals surface area contributed by atoms with Crippen LogP contribution in [0.2, 0.25) is 0 Å². The first-order valence-electron chi connectivity index (χ1n) is 11.3. The Hall–Kier alpha value is -3.30. The Morgan fingerprint density at radius 2 is 2.06 bits per heavy atom. The number of rotatable bonds is 9. The molecule has 0 radical (unpaired) electrons. The van der Waals surface area contributed by atoms with E-state index in [0.717, 1.165) is 36.6 Å². The summed E-state index contributed by atoms with van der Waals surface area (Å²) in [6.07, 6.45) is 3.52. The van der Waals surface area contributed by atoms with E-state index in [0.29, 0.717) is 41.2 Å². The van der Waals surface area contributed by atoms with Gasteiger partial charge in [-0.15, -0.1) is 0 Å². The van der Waals surface area contributed by atoms with E-state index < -0.39 is 11.0 Å². The van der Waals surface area contributed by atoms with E-state index in [1.165, 1.54) is 0 Å². The second-order valence-electron chi connectivity index (χ2n) is 7.87. The molecule has 0 spiro atoms. The Labute approximate surface area is 201 Å². The highest BCUT2D eigenvalue weighted by atomic mass is 32.2. The molecule has 1 aliphatic heterocycles. The molecule has 3 aromatic rings. The summed E-state index contributed by atoms with van der Waals surface area (Å²) >= 11 is 0. The molecule has 2 heterocycles. The number of ether oxygens (including phenoxy) is 2.